The van der Waals surface area contributed by atoms with Crippen molar-refractivity contribution >= 4 is 11.6 Å². The van der Waals surface area contributed by atoms with E-state index in [0.717, 1.165) is 29.9 Å². The topological polar surface area (TPSA) is 47.4 Å². The zero-order chi connectivity index (χ0) is 23.5. The smallest absolute Gasteiger partial charge is 0.231 e. The fourth-order valence-corrected chi connectivity index (χ4v) is 4.99. The number of allylic oxidation sites excluding steroid dienone is 6. The van der Waals surface area contributed by atoms with Crippen LogP contribution in [0.5, 0.6) is 5.75 Å². The number of benzene rings is 2. The Kier molecular flexibility index (Phi) is 6.17. The van der Waals surface area contributed by atoms with E-state index in [0.29, 0.717) is 12.3 Å². The maximum Gasteiger partial charge on any atom is 0.231 e. The molecule has 5 nitrogen and oxygen atoms in total. The zero-order valence-corrected chi connectivity index (χ0v) is 19.6. The number of nitrogens with zero attached hydrogens (tertiary/aromatic N) is 3. The van der Waals surface area contributed by atoms with Gasteiger partial charge in [-0.1, -0.05) is 60.7 Å². The van der Waals surface area contributed by atoms with Crippen LogP contribution in [-0.2, 0) is 4.79 Å². The second kappa shape index (κ2) is 9.56. The van der Waals surface area contributed by atoms with Crippen LogP contribution in [0.2, 0.25) is 0 Å². The predicted molar refractivity (Wildman–Crippen MR) is 135 cm³/mol. The van der Waals surface area contributed by atoms with Crippen molar-refractivity contribution < 1.29 is 9.53 Å². The van der Waals surface area contributed by atoms with Crippen molar-refractivity contribution in [1.29, 1.82) is 0 Å². The highest BCUT2D eigenvalue weighted by molar-refractivity contribution is 5.98. The van der Waals surface area contributed by atoms with Gasteiger partial charge < -0.3 is 14.2 Å². The van der Waals surface area contributed by atoms with Crippen molar-refractivity contribution in [1.82, 2.24) is 9.55 Å². The van der Waals surface area contributed by atoms with Crippen molar-refractivity contribution in [2.75, 3.05) is 18.6 Å². The summed E-state index contributed by atoms with van der Waals surface area (Å²) in [6, 6.07) is 16.3. The van der Waals surface area contributed by atoms with Crippen molar-refractivity contribution in [3.8, 4) is 11.4 Å². The van der Waals surface area contributed by atoms with Crippen molar-refractivity contribution in [3.63, 3.8) is 0 Å². The molecule has 2 aliphatic rings. The van der Waals surface area contributed by atoms with Gasteiger partial charge in [0.1, 0.15) is 5.75 Å². The molecule has 1 fully saturated rings. The van der Waals surface area contributed by atoms with Crippen LogP contribution in [-0.4, -0.2) is 29.1 Å². The first-order valence-corrected chi connectivity index (χ1v) is 11.7. The Hall–Kier alpha value is -3.86. The van der Waals surface area contributed by atoms with Crippen LogP contribution in [0.15, 0.2) is 97.0 Å². The largest absolute Gasteiger partial charge is 0.494 e. The van der Waals surface area contributed by atoms with E-state index in [1.54, 1.807) is 13.4 Å². The quantitative estimate of drug-likeness (QED) is 0.478. The Morgan fingerprint density at radius 3 is 2.74 bits per heavy atom. The first-order chi connectivity index (χ1) is 16.7. The molecule has 1 aliphatic carbocycles. The summed E-state index contributed by atoms with van der Waals surface area (Å²) in [5.41, 5.74) is 5.06. The number of imidazole rings is 1. The van der Waals surface area contributed by atoms with Crippen molar-refractivity contribution in [2.24, 2.45) is 5.92 Å². The summed E-state index contributed by atoms with van der Waals surface area (Å²) in [6.45, 7) is 2.64. The lowest BCUT2D eigenvalue weighted by Crippen LogP contribution is -2.30. The number of methoxy groups -OCH3 is 1. The molecule has 0 saturated carbocycles. The fourth-order valence-electron chi connectivity index (χ4n) is 4.99. The Bertz CT molecular complexity index is 1270. The van der Waals surface area contributed by atoms with Gasteiger partial charge in [0.05, 0.1) is 30.7 Å². The van der Waals surface area contributed by atoms with Gasteiger partial charge in [0.15, 0.2) is 0 Å². The lowest BCUT2D eigenvalue weighted by molar-refractivity contribution is -0.120. The van der Waals surface area contributed by atoms with Gasteiger partial charge in [-0.25, -0.2) is 4.98 Å². The fraction of sp³-hybridized carbons (Fsp3) is 0.241. The van der Waals surface area contributed by atoms with E-state index in [1.807, 2.05) is 46.9 Å². The van der Waals surface area contributed by atoms with Gasteiger partial charge in [-0.2, -0.15) is 0 Å². The molecule has 5 rings (SSSR count). The Morgan fingerprint density at radius 1 is 1.12 bits per heavy atom. The minimum atomic E-state index is -0.119. The molecule has 0 radical (unpaired) electrons. The monoisotopic (exact) mass is 451 g/mol. The molecule has 1 aliphatic heterocycles. The van der Waals surface area contributed by atoms with Crippen LogP contribution in [0.4, 0.5) is 5.69 Å². The third-order valence-electron chi connectivity index (χ3n) is 6.64. The maximum absolute atomic E-state index is 13.8. The van der Waals surface area contributed by atoms with Crippen LogP contribution in [0.25, 0.3) is 5.69 Å². The van der Waals surface area contributed by atoms with Crippen LogP contribution in [0.3, 0.4) is 0 Å². The van der Waals surface area contributed by atoms with Gasteiger partial charge in [0, 0.05) is 30.4 Å². The molecule has 172 valence electrons. The summed E-state index contributed by atoms with van der Waals surface area (Å²) in [4.78, 5) is 20.0. The normalized spacial score (nSPS) is 18.6. The van der Waals surface area contributed by atoms with E-state index >= 15 is 0 Å². The highest BCUT2D eigenvalue weighted by atomic mass is 16.5. The number of hydrogen-bond donors (Lipinski definition) is 0. The summed E-state index contributed by atoms with van der Waals surface area (Å²) in [7, 11) is 1.66. The predicted octanol–water partition coefficient (Wildman–Crippen LogP) is 5.77. The molecule has 0 N–H and O–H groups in total. The van der Waals surface area contributed by atoms with Crippen molar-refractivity contribution in [2.45, 2.75) is 25.7 Å². The van der Waals surface area contributed by atoms with E-state index in [1.165, 1.54) is 11.1 Å². The molecule has 2 atom stereocenters. The van der Waals surface area contributed by atoms with E-state index in [2.05, 4.69) is 59.6 Å². The summed E-state index contributed by atoms with van der Waals surface area (Å²) in [6.07, 6.45) is 16.2. The van der Waals surface area contributed by atoms with Gasteiger partial charge in [-0.05, 0) is 43.0 Å². The Morgan fingerprint density at radius 2 is 1.97 bits per heavy atom. The lowest BCUT2D eigenvalue weighted by Gasteiger charge is -2.25. The van der Waals surface area contributed by atoms with Crippen LogP contribution >= 0.6 is 0 Å². The number of rotatable bonds is 6. The standard InChI is InChI=1S/C29H29N3O2/c1-21-19-31(20-30-21)26-15-14-24(18-27(26)34-2)32-17-16-25(29(32)33)28(23-12-8-5-9-13-23)22-10-6-3-4-7-11-22/h3,5-15,18-20,25,28H,4,16-17H2,1-2H3. The highest BCUT2D eigenvalue weighted by Crippen LogP contribution is 2.41. The lowest BCUT2D eigenvalue weighted by atomic mass is 9.79. The maximum atomic E-state index is 13.8. The molecule has 1 saturated heterocycles. The van der Waals surface area contributed by atoms with Crippen LogP contribution in [0.1, 0.15) is 30.0 Å². The number of aryl methyl sites for hydroxylation is 1. The van der Waals surface area contributed by atoms with Gasteiger partial charge in [-0.15, -0.1) is 0 Å². The highest BCUT2D eigenvalue weighted by Gasteiger charge is 2.39. The molecule has 3 aromatic rings. The molecule has 2 heterocycles. The number of ether oxygens (including phenoxy) is 1. The van der Waals surface area contributed by atoms with Crippen molar-refractivity contribution in [3.05, 3.63) is 108 Å². The van der Waals surface area contributed by atoms with Gasteiger partial charge in [0.2, 0.25) is 5.91 Å². The molecule has 0 bridgehead atoms. The average molecular weight is 452 g/mol. The zero-order valence-electron chi connectivity index (χ0n) is 19.6. The molecule has 34 heavy (non-hydrogen) atoms. The van der Waals surface area contributed by atoms with Crippen LogP contribution in [0, 0.1) is 12.8 Å². The van der Waals surface area contributed by atoms with Crippen LogP contribution < -0.4 is 9.64 Å². The molecule has 2 aromatic carbocycles. The SMILES string of the molecule is COc1cc(N2CCC(C(C3=CC=CCC=C3)c3ccccc3)C2=O)ccc1-n1cnc(C)c1. The third kappa shape index (κ3) is 4.21. The molecule has 0 spiro atoms. The minimum absolute atomic E-state index is 0.0211. The second-order valence-corrected chi connectivity index (χ2v) is 8.78. The Labute approximate surface area is 200 Å². The minimum Gasteiger partial charge on any atom is -0.494 e. The second-order valence-electron chi connectivity index (χ2n) is 8.78. The van der Waals surface area contributed by atoms with Gasteiger partial charge in [-0.3, -0.25) is 4.79 Å². The molecular weight excluding hydrogens is 422 g/mol. The molecule has 1 aromatic heterocycles. The molecule has 2 unspecified atom stereocenters. The van der Waals surface area contributed by atoms with E-state index in [-0.39, 0.29) is 17.7 Å². The van der Waals surface area contributed by atoms with Gasteiger partial charge >= 0.3 is 0 Å². The first-order valence-electron chi connectivity index (χ1n) is 11.7. The van der Waals surface area contributed by atoms with E-state index < -0.39 is 0 Å². The van der Waals surface area contributed by atoms with E-state index in [9.17, 15) is 4.79 Å². The van der Waals surface area contributed by atoms with E-state index in [4.69, 9.17) is 4.74 Å². The molecular formula is C29H29N3O2. The number of anilines is 1. The summed E-state index contributed by atoms with van der Waals surface area (Å²) in [5.74, 6) is 0.773. The Balaban J connectivity index is 1.47. The summed E-state index contributed by atoms with van der Waals surface area (Å²) in [5, 5.41) is 0. The first kappa shape index (κ1) is 22.0. The number of carbonyl (C=O) groups is 1. The number of hydrogen-bond acceptors (Lipinski definition) is 3. The average Bonchev–Trinajstić information content (AvgIpc) is 3.35. The molecule has 1 amide bonds. The third-order valence-corrected chi connectivity index (χ3v) is 6.64. The summed E-state index contributed by atoms with van der Waals surface area (Å²) < 4.78 is 7.63. The summed E-state index contributed by atoms with van der Waals surface area (Å²) >= 11 is 0. The molecule has 5 heteroatoms. The number of amides is 1. The number of aromatic nitrogens is 2. The van der Waals surface area contributed by atoms with Gasteiger partial charge in [0.25, 0.3) is 0 Å². The number of carbonyl (C=O) groups excluding carboxylic acids is 1.